The zero-order valence-electron chi connectivity index (χ0n) is 12.6. The SMILES string of the molecule is CC(C)c1cc(C(=O)NC[C@]2(N(C)C)CCSC2)no1. The molecule has 1 aromatic heterocycles. The number of hydrogen-bond donors (Lipinski definition) is 1. The average molecular weight is 297 g/mol. The van der Waals surface area contributed by atoms with E-state index >= 15 is 0 Å². The fraction of sp³-hybridized carbons (Fsp3) is 0.714. The van der Waals surface area contributed by atoms with Crippen LogP contribution in [0.15, 0.2) is 10.6 Å². The van der Waals surface area contributed by atoms with Crippen LogP contribution >= 0.6 is 11.8 Å². The lowest BCUT2D eigenvalue weighted by Crippen LogP contribution is -2.53. The van der Waals surface area contributed by atoms with Crippen LogP contribution in [-0.4, -0.2) is 53.6 Å². The topological polar surface area (TPSA) is 58.4 Å². The molecule has 1 amide bonds. The second-order valence-corrected chi connectivity index (χ2v) is 6.98. The Bertz CT molecular complexity index is 465. The first kappa shape index (κ1) is 15.4. The van der Waals surface area contributed by atoms with Gasteiger partial charge in [-0.2, -0.15) is 11.8 Å². The van der Waals surface area contributed by atoms with Crippen molar-refractivity contribution in [2.45, 2.75) is 31.7 Å². The summed E-state index contributed by atoms with van der Waals surface area (Å²) >= 11 is 1.94. The molecule has 112 valence electrons. The molecule has 0 aromatic carbocycles. The van der Waals surface area contributed by atoms with E-state index in [4.69, 9.17) is 4.52 Å². The van der Waals surface area contributed by atoms with Gasteiger partial charge in [-0.25, -0.2) is 0 Å². The molecule has 1 atom stereocenters. The van der Waals surface area contributed by atoms with Crippen LogP contribution in [0.25, 0.3) is 0 Å². The summed E-state index contributed by atoms with van der Waals surface area (Å²) in [6.07, 6.45) is 1.10. The van der Waals surface area contributed by atoms with E-state index in [9.17, 15) is 4.79 Å². The van der Waals surface area contributed by atoms with E-state index in [2.05, 4.69) is 29.5 Å². The van der Waals surface area contributed by atoms with Crippen molar-refractivity contribution in [3.8, 4) is 0 Å². The highest BCUT2D eigenvalue weighted by Crippen LogP contribution is 2.31. The van der Waals surface area contributed by atoms with Gasteiger partial charge in [0.05, 0.1) is 0 Å². The summed E-state index contributed by atoms with van der Waals surface area (Å²) in [4.78, 5) is 14.4. The van der Waals surface area contributed by atoms with Gasteiger partial charge in [0.25, 0.3) is 5.91 Å². The minimum Gasteiger partial charge on any atom is -0.360 e. The van der Waals surface area contributed by atoms with E-state index in [1.54, 1.807) is 6.07 Å². The lowest BCUT2D eigenvalue weighted by atomic mass is 9.97. The number of thioether (sulfide) groups is 1. The molecule has 1 aromatic rings. The molecule has 5 nitrogen and oxygen atoms in total. The Morgan fingerprint density at radius 1 is 1.60 bits per heavy atom. The third-order valence-electron chi connectivity index (χ3n) is 3.94. The van der Waals surface area contributed by atoms with E-state index in [1.165, 1.54) is 0 Å². The lowest BCUT2D eigenvalue weighted by Gasteiger charge is -2.35. The summed E-state index contributed by atoms with van der Waals surface area (Å²) in [6.45, 7) is 4.67. The number of rotatable bonds is 5. The van der Waals surface area contributed by atoms with Crippen LogP contribution in [0.2, 0.25) is 0 Å². The molecule has 2 heterocycles. The van der Waals surface area contributed by atoms with Crippen molar-refractivity contribution in [1.29, 1.82) is 0 Å². The molecule has 0 radical (unpaired) electrons. The van der Waals surface area contributed by atoms with Gasteiger partial charge in [-0.1, -0.05) is 19.0 Å². The zero-order chi connectivity index (χ0) is 14.8. The molecule has 1 aliphatic rings. The average Bonchev–Trinajstić information content (AvgIpc) is 3.06. The van der Waals surface area contributed by atoms with Crippen LogP contribution < -0.4 is 5.32 Å². The summed E-state index contributed by atoms with van der Waals surface area (Å²) in [5, 5.41) is 6.84. The summed E-state index contributed by atoms with van der Waals surface area (Å²) in [6, 6.07) is 1.73. The molecule has 1 N–H and O–H groups in total. The normalized spacial score (nSPS) is 22.7. The number of nitrogens with one attached hydrogen (secondary N) is 1. The van der Waals surface area contributed by atoms with Gasteiger partial charge >= 0.3 is 0 Å². The molecule has 1 aliphatic heterocycles. The minimum absolute atomic E-state index is 0.0605. The van der Waals surface area contributed by atoms with Crippen molar-refractivity contribution in [1.82, 2.24) is 15.4 Å². The number of carbonyl (C=O) groups is 1. The van der Waals surface area contributed by atoms with Gasteiger partial charge in [0, 0.05) is 29.8 Å². The highest BCUT2D eigenvalue weighted by Gasteiger charge is 2.37. The van der Waals surface area contributed by atoms with Gasteiger partial charge in [0.2, 0.25) is 0 Å². The third-order valence-corrected chi connectivity index (χ3v) is 5.17. The monoisotopic (exact) mass is 297 g/mol. The Hall–Kier alpha value is -1.01. The first-order valence-electron chi connectivity index (χ1n) is 6.94. The second kappa shape index (κ2) is 6.18. The number of amides is 1. The fourth-order valence-corrected chi connectivity index (χ4v) is 3.80. The highest BCUT2D eigenvalue weighted by molar-refractivity contribution is 7.99. The Kier molecular flexibility index (Phi) is 4.75. The van der Waals surface area contributed by atoms with E-state index in [-0.39, 0.29) is 17.4 Å². The molecular weight excluding hydrogens is 274 g/mol. The van der Waals surface area contributed by atoms with Gasteiger partial charge in [-0.3, -0.25) is 4.79 Å². The smallest absolute Gasteiger partial charge is 0.273 e. The molecule has 2 rings (SSSR count). The first-order chi connectivity index (χ1) is 9.44. The van der Waals surface area contributed by atoms with E-state index < -0.39 is 0 Å². The Morgan fingerprint density at radius 2 is 2.35 bits per heavy atom. The summed E-state index contributed by atoms with van der Waals surface area (Å²) in [7, 11) is 4.15. The fourth-order valence-electron chi connectivity index (χ4n) is 2.25. The minimum atomic E-state index is -0.154. The molecule has 0 bridgehead atoms. The van der Waals surface area contributed by atoms with Crippen molar-refractivity contribution in [2.75, 3.05) is 32.1 Å². The van der Waals surface area contributed by atoms with E-state index in [1.807, 2.05) is 25.6 Å². The standard InChI is InChI=1S/C14H23N3O2S/c1-10(2)12-7-11(16-19-12)13(18)15-8-14(17(3)4)5-6-20-9-14/h7,10H,5-6,8-9H2,1-4H3,(H,15,18)/t14-/m1/s1. The van der Waals surface area contributed by atoms with Crippen LogP contribution in [0.3, 0.4) is 0 Å². The van der Waals surface area contributed by atoms with Crippen LogP contribution in [0.1, 0.15) is 42.4 Å². The van der Waals surface area contributed by atoms with E-state index in [0.29, 0.717) is 12.2 Å². The van der Waals surface area contributed by atoms with Crippen LogP contribution in [0.4, 0.5) is 0 Å². The van der Waals surface area contributed by atoms with Crippen molar-refractivity contribution < 1.29 is 9.32 Å². The van der Waals surface area contributed by atoms with Crippen molar-refractivity contribution in [2.24, 2.45) is 0 Å². The molecule has 0 spiro atoms. The van der Waals surface area contributed by atoms with Crippen LogP contribution in [0, 0.1) is 0 Å². The molecule has 0 saturated carbocycles. The maximum absolute atomic E-state index is 12.1. The molecular formula is C14H23N3O2S. The molecule has 6 heteroatoms. The Morgan fingerprint density at radius 3 is 2.85 bits per heavy atom. The molecule has 0 unspecified atom stereocenters. The predicted octanol–water partition coefficient (Wildman–Crippen LogP) is 1.97. The van der Waals surface area contributed by atoms with Crippen molar-refractivity contribution >= 4 is 17.7 Å². The predicted molar refractivity (Wildman–Crippen MR) is 81.3 cm³/mol. The lowest BCUT2D eigenvalue weighted by molar-refractivity contribution is 0.0905. The number of hydrogen-bond acceptors (Lipinski definition) is 5. The van der Waals surface area contributed by atoms with Gasteiger partial charge in [0.15, 0.2) is 5.69 Å². The molecule has 1 fully saturated rings. The maximum atomic E-state index is 12.1. The van der Waals surface area contributed by atoms with Gasteiger partial charge in [0.1, 0.15) is 5.76 Å². The van der Waals surface area contributed by atoms with Gasteiger partial charge in [-0.15, -0.1) is 0 Å². The van der Waals surface area contributed by atoms with Crippen molar-refractivity contribution in [3.05, 3.63) is 17.5 Å². The number of nitrogens with zero attached hydrogens (tertiary/aromatic N) is 2. The Balaban J connectivity index is 1.97. The molecule has 0 aliphatic carbocycles. The second-order valence-electron chi connectivity index (χ2n) is 5.87. The molecule has 20 heavy (non-hydrogen) atoms. The summed E-state index contributed by atoms with van der Waals surface area (Å²) in [5.41, 5.74) is 0.429. The maximum Gasteiger partial charge on any atom is 0.273 e. The zero-order valence-corrected chi connectivity index (χ0v) is 13.4. The van der Waals surface area contributed by atoms with Gasteiger partial charge in [-0.05, 0) is 26.3 Å². The Labute approximate surface area is 124 Å². The quantitative estimate of drug-likeness (QED) is 0.900. The third kappa shape index (κ3) is 3.17. The molecule has 1 saturated heterocycles. The number of carbonyl (C=O) groups excluding carboxylic acids is 1. The number of aromatic nitrogens is 1. The van der Waals surface area contributed by atoms with Crippen molar-refractivity contribution in [3.63, 3.8) is 0 Å². The highest BCUT2D eigenvalue weighted by atomic mass is 32.2. The van der Waals surface area contributed by atoms with E-state index in [0.717, 1.165) is 23.7 Å². The largest absolute Gasteiger partial charge is 0.360 e. The number of likely N-dealkylation sites (N-methyl/N-ethyl adjacent to an activating group) is 1. The summed E-state index contributed by atoms with van der Waals surface area (Å²) in [5.74, 6) is 3.03. The summed E-state index contributed by atoms with van der Waals surface area (Å²) < 4.78 is 5.17. The van der Waals surface area contributed by atoms with Crippen LogP contribution in [-0.2, 0) is 0 Å². The first-order valence-corrected chi connectivity index (χ1v) is 8.10. The van der Waals surface area contributed by atoms with Gasteiger partial charge < -0.3 is 14.7 Å². The van der Waals surface area contributed by atoms with Crippen LogP contribution in [0.5, 0.6) is 0 Å².